The molecule has 0 unspecified atom stereocenters. The van der Waals surface area contributed by atoms with Crippen LogP contribution in [0.1, 0.15) is 34.6 Å². The molecule has 1 heterocycles. The first-order valence-corrected chi connectivity index (χ1v) is 5.63. The summed E-state index contributed by atoms with van der Waals surface area (Å²) in [5.74, 6) is -0.437. The van der Waals surface area contributed by atoms with Gasteiger partial charge in [-0.05, 0) is 34.6 Å². The van der Waals surface area contributed by atoms with Crippen molar-refractivity contribution in [2.45, 2.75) is 58.2 Å². The van der Waals surface area contributed by atoms with Crippen LogP contribution in [0.4, 0.5) is 0 Å². The molecule has 4 nitrogen and oxygen atoms in total. The summed E-state index contributed by atoms with van der Waals surface area (Å²) in [5, 5.41) is 9.51. The van der Waals surface area contributed by atoms with E-state index < -0.39 is 18.0 Å². The normalized spacial score (nSPS) is 27.8. The van der Waals surface area contributed by atoms with Crippen LogP contribution in [0.25, 0.3) is 0 Å². The van der Waals surface area contributed by atoms with Gasteiger partial charge in [0.15, 0.2) is 18.0 Å². The number of aliphatic hydroxyl groups excluding tert-OH is 1. The van der Waals surface area contributed by atoms with Gasteiger partial charge in [-0.1, -0.05) is 13.2 Å². The van der Waals surface area contributed by atoms with Crippen LogP contribution in [-0.2, 0) is 14.2 Å². The third-order valence-corrected chi connectivity index (χ3v) is 2.18. The standard InChI is InChI=1S/C13H22O4/c1-8(14)10-11(17-13(6,7)16-10)9(2)15-12(3,4)5/h10-11,14H,1-2H2,3-7H3/t10-,11-/m0/s1. The van der Waals surface area contributed by atoms with Crippen LogP contribution >= 0.6 is 0 Å². The van der Waals surface area contributed by atoms with E-state index in [-0.39, 0.29) is 11.4 Å². The fourth-order valence-corrected chi connectivity index (χ4v) is 1.69. The number of ether oxygens (including phenoxy) is 3. The average molecular weight is 242 g/mol. The SMILES string of the molecule is C=C(O)[C@@H]1OC(C)(C)O[C@H]1C(=C)OC(C)(C)C. The zero-order valence-electron chi connectivity index (χ0n) is 11.2. The lowest BCUT2D eigenvalue weighted by atomic mass is 10.1. The van der Waals surface area contributed by atoms with Crippen molar-refractivity contribution in [3.8, 4) is 0 Å². The topological polar surface area (TPSA) is 47.9 Å². The summed E-state index contributed by atoms with van der Waals surface area (Å²) in [5.41, 5.74) is -0.367. The summed E-state index contributed by atoms with van der Waals surface area (Å²) in [6.07, 6.45) is -1.18. The highest BCUT2D eigenvalue weighted by Gasteiger charge is 2.45. The molecule has 0 aromatic rings. The predicted octanol–water partition coefficient (Wildman–Crippen LogP) is 2.91. The minimum Gasteiger partial charge on any atom is -0.510 e. The van der Waals surface area contributed by atoms with Crippen LogP contribution in [0.15, 0.2) is 24.7 Å². The van der Waals surface area contributed by atoms with E-state index in [1.54, 1.807) is 13.8 Å². The number of rotatable bonds is 3. The van der Waals surface area contributed by atoms with Gasteiger partial charge in [-0.15, -0.1) is 0 Å². The van der Waals surface area contributed by atoms with E-state index in [0.29, 0.717) is 5.76 Å². The Hall–Kier alpha value is -1.00. The Balaban J connectivity index is 2.81. The van der Waals surface area contributed by atoms with E-state index in [2.05, 4.69) is 13.2 Å². The highest BCUT2D eigenvalue weighted by atomic mass is 16.8. The van der Waals surface area contributed by atoms with Gasteiger partial charge in [-0.25, -0.2) is 0 Å². The molecule has 0 aromatic heterocycles. The molecule has 0 saturated carbocycles. The predicted molar refractivity (Wildman–Crippen MR) is 65.6 cm³/mol. The number of hydrogen-bond acceptors (Lipinski definition) is 4. The fourth-order valence-electron chi connectivity index (χ4n) is 1.69. The van der Waals surface area contributed by atoms with E-state index in [0.717, 1.165) is 0 Å². The minimum atomic E-state index is -0.787. The molecule has 4 heteroatoms. The Morgan fingerprint density at radius 3 is 2.06 bits per heavy atom. The third-order valence-electron chi connectivity index (χ3n) is 2.18. The van der Waals surface area contributed by atoms with E-state index in [9.17, 15) is 5.11 Å². The molecule has 0 bridgehead atoms. The highest BCUT2D eigenvalue weighted by molar-refractivity contribution is 5.11. The van der Waals surface area contributed by atoms with Crippen LogP contribution in [0.5, 0.6) is 0 Å². The van der Waals surface area contributed by atoms with Gasteiger partial charge in [0.2, 0.25) is 0 Å². The highest BCUT2D eigenvalue weighted by Crippen LogP contribution is 2.35. The smallest absolute Gasteiger partial charge is 0.165 e. The number of aliphatic hydroxyl groups is 1. The summed E-state index contributed by atoms with van der Waals surface area (Å²) in [7, 11) is 0. The zero-order chi connectivity index (χ0) is 13.4. The lowest BCUT2D eigenvalue weighted by molar-refractivity contribution is -0.147. The van der Waals surface area contributed by atoms with Crippen molar-refractivity contribution < 1.29 is 19.3 Å². The van der Waals surface area contributed by atoms with Gasteiger partial charge < -0.3 is 19.3 Å². The Morgan fingerprint density at radius 1 is 1.18 bits per heavy atom. The van der Waals surface area contributed by atoms with Crippen molar-refractivity contribution >= 4 is 0 Å². The second kappa shape index (κ2) is 4.35. The molecule has 0 aliphatic carbocycles. The summed E-state index contributed by atoms with van der Waals surface area (Å²) < 4.78 is 16.9. The lowest BCUT2D eigenvalue weighted by Crippen LogP contribution is -2.31. The molecular formula is C13H22O4. The molecule has 0 aromatic carbocycles. The monoisotopic (exact) mass is 242 g/mol. The van der Waals surface area contributed by atoms with Gasteiger partial charge in [0.25, 0.3) is 0 Å². The minimum absolute atomic E-state index is 0.0840. The summed E-state index contributed by atoms with van der Waals surface area (Å²) >= 11 is 0. The third kappa shape index (κ3) is 3.75. The molecule has 0 spiro atoms. The first-order chi connectivity index (χ1) is 7.52. The molecule has 0 radical (unpaired) electrons. The van der Waals surface area contributed by atoms with Crippen molar-refractivity contribution in [1.29, 1.82) is 0 Å². The zero-order valence-corrected chi connectivity index (χ0v) is 11.2. The Morgan fingerprint density at radius 2 is 1.65 bits per heavy atom. The molecule has 1 aliphatic rings. The summed E-state index contributed by atoms with van der Waals surface area (Å²) in [6, 6.07) is 0. The van der Waals surface area contributed by atoms with Crippen LogP contribution in [0.2, 0.25) is 0 Å². The van der Waals surface area contributed by atoms with Crippen LogP contribution in [0.3, 0.4) is 0 Å². The Kier molecular flexibility index (Phi) is 3.60. The van der Waals surface area contributed by atoms with Crippen molar-refractivity contribution in [1.82, 2.24) is 0 Å². The van der Waals surface area contributed by atoms with E-state index in [1.807, 2.05) is 20.8 Å². The summed E-state index contributed by atoms with van der Waals surface area (Å²) in [4.78, 5) is 0. The van der Waals surface area contributed by atoms with E-state index >= 15 is 0 Å². The molecule has 17 heavy (non-hydrogen) atoms. The van der Waals surface area contributed by atoms with Gasteiger partial charge in [0.1, 0.15) is 17.1 Å². The van der Waals surface area contributed by atoms with Gasteiger partial charge in [-0.3, -0.25) is 0 Å². The maximum Gasteiger partial charge on any atom is 0.165 e. The average Bonchev–Trinajstić information content (AvgIpc) is 2.38. The van der Waals surface area contributed by atoms with Crippen LogP contribution < -0.4 is 0 Å². The molecule has 0 amide bonds. The van der Waals surface area contributed by atoms with Crippen molar-refractivity contribution in [2.24, 2.45) is 0 Å². The maximum absolute atomic E-state index is 9.51. The van der Waals surface area contributed by atoms with Gasteiger partial charge in [-0.2, -0.15) is 0 Å². The van der Waals surface area contributed by atoms with E-state index in [4.69, 9.17) is 14.2 Å². The van der Waals surface area contributed by atoms with Gasteiger partial charge in [0, 0.05) is 0 Å². The Labute approximate surface area is 103 Å². The quantitative estimate of drug-likeness (QED) is 0.773. The largest absolute Gasteiger partial charge is 0.510 e. The van der Waals surface area contributed by atoms with Crippen molar-refractivity contribution in [2.75, 3.05) is 0 Å². The molecule has 1 N–H and O–H groups in total. The van der Waals surface area contributed by atoms with Gasteiger partial charge in [0.05, 0.1) is 0 Å². The number of hydrogen-bond donors (Lipinski definition) is 1. The second-order valence-corrected chi connectivity index (χ2v) is 5.65. The summed E-state index contributed by atoms with van der Waals surface area (Å²) in [6.45, 7) is 16.6. The van der Waals surface area contributed by atoms with Crippen molar-refractivity contribution in [3.63, 3.8) is 0 Å². The fraction of sp³-hybridized carbons (Fsp3) is 0.692. The molecule has 1 rings (SSSR count). The molecule has 2 atom stereocenters. The molecule has 1 saturated heterocycles. The molecule has 98 valence electrons. The lowest BCUT2D eigenvalue weighted by Gasteiger charge is -2.27. The molecule has 1 fully saturated rings. The first kappa shape index (κ1) is 14.1. The second-order valence-electron chi connectivity index (χ2n) is 5.65. The van der Waals surface area contributed by atoms with Crippen molar-refractivity contribution in [3.05, 3.63) is 24.7 Å². The molecular weight excluding hydrogens is 220 g/mol. The maximum atomic E-state index is 9.51. The Bertz CT molecular complexity index is 325. The molecule has 1 aliphatic heterocycles. The first-order valence-electron chi connectivity index (χ1n) is 5.63. The van der Waals surface area contributed by atoms with Crippen LogP contribution in [0, 0.1) is 0 Å². The van der Waals surface area contributed by atoms with E-state index in [1.165, 1.54) is 0 Å². The van der Waals surface area contributed by atoms with Crippen LogP contribution in [-0.4, -0.2) is 28.7 Å². The van der Waals surface area contributed by atoms with Gasteiger partial charge >= 0.3 is 0 Å².